The van der Waals surface area contributed by atoms with Gasteiger partial charge in [-0.25, -0.2) is 4.98 Å². The highest BCUT2D eigenvalue weighted by atomic mass is 16.1. The number of rotatable bonds is 3. The maximum Gasteiger partial charge on any atom is 0.229 e. The van der Waals surface area contributed by atoms with Crippen LogP contribution in [0.4, 0.5) is 5.82 Å². The number of benzene rings is 1. The molecule has 0 unspecified atom stereocenters. The lowest BCUT2D eigenvalue weighted by atomic mass is 10.1. The zero-order valence-corrected chi connectivity index (χ0v) is 11.5. The average molecular weight is 254 g/mol. The van der Waals surface area contributed by atoms with Crippen molar-refractivity contribution in [2.24, 2.45) is 0 Å². The lowest BCUT2D eigenvalue weighted by molar-refractivity contribution is -0.115. The largest absolute Gasteiger partial charge is 0.310 e. The Hall–Kier alpha value is -2.16. The van der Waals surface area contributed by atoms with E-state index in [9.17, 15) is 4.79 Å². The molecule has 0 fully saturated rings. The first-order chi connectivity index (χ1) is 9.04. The van der Waals surface area contributed by atoms with Crippen molar-refractivity contribution in [3.8, 4) is 0 Å². The standard InChI is InChI=1S/C16H18N2O/c1-11-8-13(3)17-15(9-11)18-16(19)10-14-7-5-4-6-12(14)2/h4-9H,10H2,1-3H3,(H,17,18,19). The first-order valence-corrected chi connectivity index (χ1v) is 6.34. The van der Waals surface area contributed by atoms with E-state index in [2.05, 4.69) is 10.3 Å². The first-order valence-electron chi connectivity index (χ1n) is 6.34. The summed E-state index contributed by atoms with van der Waals surface area (Å²) in [5, 5.41) is 2.85. The fraction of sp³-hybridized carbons (Fsp3) is 0.250. The second kappa shape index (κ2) is 5.65. The fourth-order valence-corrected chi connectivity index (χ4v) is 2.07. The first kappa shape index (κ1) is 13.3. The van der Waals surface area contributed by atoms with Crippen LogP contribution in [0.1, 0.15) is 22.4 Å². The molecule has 0 saturated carbocycles. The zero-order chi connectivity index (χ0) is 13.8. The Morgan fingerprint density at radius 3 is 2.58 bits per heavy atom. The highest BCUT2D eigenvalue weighted by molar-refractivity contribution is 5.91. The van der Waals surface area contributed by atoms with Crippen molar-refractivity contribution >= 4 is 11.7 Å². The number of amides is 1. The Labute approximate surface area is 113 Å². The van der Waals surface area contributed by atoms with Gasteiger partial charge >= 0.3 is 0 Å². The summed E-state index contributed by atoms with van der Waals surface area (Å²) in [4.78, 5) is 16.3. The minimum absolute atomic E-state index is 0.0354. The van der Waals surface area contributed by atoms with E-state index >= 15 is 0 Å². The molecule has 0 spiro atoms. The van der Waals surface area contributed by atoms with Crippen molar-refractivity contribution < 1.29 is 4.79 Å². The van der Waals surface area contributed by atoms with E-state index < -0.39 is 0 Å². The monoisotopic (exact) mass is 254 g/mol. The lowest BCUT2D eigenvalue weighted by Crippen LogP contribution is -2.16. The van der Waals surface area contributed by atoms with Crippen LogP contribution >= 0.6 is 0 Å². The Morgan fingerprint density at radius 2 is 1.89 bits per heavy atom. The number of nitrogens with one attached hydrogen (secondary N) is 1. The van der Waals surface area contributed by atoms with Gasteiger partial charge in [-0.3, -0.25) is 4.79 Å². The molecule has 0 aliphatic heterocycles. The highest BCUT2D eigenvalue weighted by Crippen LogP contribution is 2.11. The molecule has 0 aliphatic rings. The minimum Gasteiger partial charge on any atom is -0.310 e. The summed E-state index contributed by atoms with van der Waals surface area (Å²) in [7, 11) is 0. The van der Waals surface area contributed by atoms with Crippen LogP contribution in [-0.4, -0.2) is 10.9 Å². The molecular formula is C16H18N2O. The molecular weight excluding hydrogens is 236 g/mol. The highest BCUT2D eigenvalue weighted by Gasteiger charge is 2.07. The third-order valence-electron chi connectivity index (χ3n) is 2.98. The van der Waals surface area contributed by atoms with Crippen LogP contribution in [0.3, 0.4) is 0 Å². The van der Waals surface area contributed by atoms with Crippen molar-refractivity contribution in [3.05, 3.63) is 58.8 Å². The predicted octanol–water partition coefficient (Wildman–Crippen LogP) is 3.19. The van der Waals surface area contributed by atoms with Crippen molar-refractivity contribution in [1.29, 1.82) is 0 Å². The third kappa shape index (κ3) is 3.65. The van der Waals surface area contributed by atoms with Gasteiger partial charge in [-0.15, -0.1) is 0 Å². The number of aryl methyl sites for hydroxylation is 3. The molecule has 1 aromatic carbocycles. The topological polar surface area (TPSA) is 42.0 Å². The minimum atomic E-state index is -0.0354. The van der Waals surface area contributed by atoms with Gasteiger partial charge in [0, 0.05) is 5.69 Å². The van der Waals surface area contributed by atoms with E-state index in [-0.39, 0.29) is 5.91 Å². The molecule has 0 bridgehead atoms. The van der Waals surface area contributed by atoms with E-state index in [0.717, 1.165) is 22.4 Å². The van der Waals surface area contributed by atoms with Gasteiger partial charge in [0.15, 0.2) is 0 Å². The summed E-state index contributed by atoms with van der Waals surface area (Å²) < 4.78 is 0. The predicted molar refractivity (Wildman–Crippen MR) is 77.2 cm³/mol. The Bertz CT molecular complexity index is 585. The molecule has 0 radical (unpaired) electrons. The normalized spacial score (nSPS) is 10.3. The number of nitrogens with zero attached hydrogens (tertiary/aromatic N) is 1. The molecule has 0 atom stereocenters. The van der Waals surface area contributed by atoms with Gasteiger partial charge in [0.2, 0.25) is 5.91 Å². The summed E-state index contributed by atoms with van der Waals surface area (Å²) in [5.41, 5.74) is 4.18. The smallest absolute Gasteiger partial charge is 0.229 e. The van der Waals surface area contributed by atoms with Crippen LogP contribution in [-0.2, 0) is 11.2 Å². The molecule has 0 saturated heterocycles. The molecule has 19 heavy (non-hydrogen) atoms. The Balaban J connectivity index is 2.07. The van der Waals surface area contributed by atoms with Gasteiger partial charge in [-0.2, -0.15) is 0 Å². The molecule has 1 N–H and O–H groups in total. The molecule has 1 heterocycles. The second-order valence-corrected chi connectivity index (χ2v) is 4.82. The molecule has 3 nitrogen and oxygen atoms in total. The van der Waals surface area contributed by atoms with E-state index in [1.54, 1.807) is 0 Å². The number of pyridine rings is 1. The van der Waals surface area contributed by atoms with E-state index in [0.29, 0.717) is 12.2 Å². The third-order valence-corrected chi connectivity index (χ3v) is 2.98. The Kier molecular flexibility index (Phi) is 3.95. The number of anilines is 1. The van der Waals surface area contributed by atoms with Crippen LogP contribution in [0.5, 0.6) is 0 Å². The average Bonchev–Trinajstić information content (AvgIpc) is 2.30. The SMILES string of the molecule is Cc1cc(C)nc(NC(=O)Cc2ccccc2C)c1. The van der Waals surface area contributed by atoms with E-state index in [1.165, 1.54) is 0 Å². The van der Waals surface area contributed by atoms with Gasteiger partial charge in [-0.1, -0.05) is 24.3 Å². The van der Waals surface area contributed by atoms with Gasteiger partial charge in [-0.05, 0) is 49.6 Å². The van der Waals surface area contributed by atoms with Gasteiger partial charge in [0.1, 0.15) is 5.82 Å². The molecule has 1 aromatic heterocycles. The number of hydrogen-bond donors (Lipinski definition) is 1. The summed E-state index contributed by atoms with van der Waals surface area (Å²) >= 11 is 0. The van der Waals surface area contributed by atoms with Crippen LogP contribution < -0.4 is 5.32 Å². The summed E-state index contributed by atoms with van der Waals surface area (Å²) in [6.07, 6.45) is 0.376. The fourth-order valence-electron chi connectivity index (χ4n) is 2.07. The summed E-state index contributed by atoms with van der Waals surface area (Å²) in [6.45, 7) is 5.92. The molecule has 2 aromatic rings. The van der Waals surface area contributed by atoms with Gasteiger partial charge < -0.3 is 5.32 Å². The molecule has 3 heteroatoms. The van der Waals surface area contributed by atoms with Crippen LogP contribution in [0.15, 0.2) is 36.4 Å². The van der Waals surface area contributed by atoms with Crippen molar-refractivity contribution in [3.63, 3.8) is 0 Å². The Morgan fingerprint density at radius 1 is 1.16 bits per heavy atom. The molecule has 98 valence electrons. The molecule has 0 aliphatic carbocycles. The van der Waals surface area contributed by atoms with Crippen LogP contribution in [0.2, 0.25) is 0 Å². The number of carbonyl (C=O) groups is 1. The van der Waals surface area contributed by atoms with E-state index in [1.807, 2.05) is 57.2 Å². The van der Waals surface area contributed by atoms with Crippen molar-refractivity contribution in [2.75, 3.05) is 5.32 Å². The summed E-state index contributed by atoms with van der Waals surface area (Å²) in [6, 6.07) is 11.8. The number of carbonyl (C=O) groups excluding carboxylic acids is 1. The van der Waals surface area contributed by atoms with Gasteiger partial charge in [0.25, 0.3) is 0 Å². The molecule has 1 amide bonds. The molecule has 2 rings (SSSR count). The van der Waals surface area contributed by atoms with Crippen molar-refractivity contribution in [1.82, 2.24) is 4.98 Å². The quantitative estimate of drug-likeness (QED) is 0.914. The maximum absolute atomic E-state index is 12.0. The zero-order valence-electron chi connectivity index (χ0n) is 11.5. The number of hydrogen-bond acceptors (Lipinski definition) is 2. The van der Waals surface area contributed by atoms with Crippen LogP contribution in [0, 0.1) is 20.8 Å². The maximum atomic E-state index is 12.0. The number of aromatic nitrogens is 1. The van der Waals surface area contributed by atoms with Crippen LogP contribution in [0.25, 0.3) is 0 Å². The van der Waals surface area contributed by atoms with E-state index in [4.69, 9.17) is 0 Å². The summed E-state index contributed by atoms with van der Waals surface area (Å²) in [5.74, 6) is 0.586. The lowest BCUT2D eigenvalue weighted by Gasteiger charge is -2.08. The van der Waals surface area contributed by atoms with Crippen molar-refractivity contribution in [2.45, 2.75) is 27.2 Å². The second-order valence-electron chi connectivity index (χ2n) is 4.82. The van der Waals surface area contributed by atoms with Gasteiger partial charge in [0.05, 0.1) is 6.42 Å².